The molecular weight excluding hydrogens is 430 g/mol. The Hall–Kier alpha value is -2.94. The molecule has 2 saturated heterocycles. The fraction of sp³-hybridized carbons (Fsp3) is 0.462. The molecule has 5 rings (SSSR count). The van der Waals surface area contributed by atoms with Gasteiger partial charge >= 0.3 is 0 Å². The highest BCUT2D eigenvalue weighted by atomic mass is 16.5. The van der Waals surface area contributed by atoms with Gasteiger partial charge in [0.2, 0.25) is 5.95 Å². The zero-order valence-corrected chi connectivity index (χ0v) is 20.0. The first-order chi connectivity index (χ1) is 16.6. The van der Waals surface area contributed by atoms with Crippen LogP contribution in [0.2, 0.25) is 0 Å². The molecule has 2 aliphatic heterocycles. The van der Waals surface area contributed by atoms with Crippen molar-refractivity contribution in [3.63, 3.8) is 0 Å². The lowest BCUT2D eigenvalue weighted by molar-refractivity contribution is 0.0856. The average molecular weight is 464 g/mol. The van der Waals surface area contributed by atoms with E-state index in [-0.39, 0.29) is 5.91 Å². The van der Waals surface area contributed by atoms with E-state index in [1.54, 1.807) is 7.11 Å². The number of H-pyrrole nitrogens is 1. The van der Waals surface area contributed by atoms with E-state index in [9.17, 15) is 4.79 Å². The first-order valence-corrected chi connectivity index (χ1v) is 12.1. The van der Waals surface area contributed by atoms with Crippen molar-refractivity contribution in [3.8, 4) is 5.75 Å². The molecule has 0 radical (unpaired) electrons. The number of carbonyl (C=O) groups is 1. The van der Waals surface area contributed by atoms with Crippen molar-refractivity contribution in [2.75, 3.05) is 58.9 Å². The third-order valence-electron chi connectivity index (χ3n) is 6.97. The van der Waals surface area contributed by atoms with Crippen LogP contribution in [0.15, 0.2) is 36.4 Å². The standard InChI is InChI=1S/C26H33N5O3/c1-30-11-13-31(14-12-30)17-18-3-5-20(6-4-18)25(32)29-26-27-23-21(19-9-15-34-16-10-19)7-8-22(33-2)24(23)28-26/h3-8,19H,9-17H2,1-2H3,(H2,27,28,29,32). The van der Waals surface area contributed by atoms with Gasteiger partial charge in [-0.2, -0.15) is 0 Å². The molecule has 0 atom stereocenters. The molecule has 0 aliphatic carbocycles. The number of piperazine rings is 1. The minimum Gasteiger partial charge on any atom is -0.494 e. The summed E-state index contributed by atoms with van der Waals surface area (Å²) in [7, 11) is 3.81. The maximum atomic E-state index is 12.9. The molecule has 3 aromatic rings. The predicted molar refractivity (Wildman–Crippen MR) is 133 cm³/mol. The molecule has 2 N–H and O–H groups in total. The monoisotopic (exact) mass is 463 g/mol. The summed E-state index contributed by atoms with van der Waals surface area (Å²) in [4.78, 5) is 25.7. The van der Waals surface area contributed by atoms with Crippen molar-refractivity contribution in [3.05, 3.63) is 53.1 Å². The van der Waals surface area contributed by atoms with Crippen LogP contribution < -0.4 is 10.1 Å². The lowest BCUT2D eigenvalue weighted by atomic mass is 9.90. The van der Waals surface area contributed by atoms with Crippen LogP contribution in [0.25, 0.3) is 11.0 Å². The van der Waals surface area contributed by atoms with Crippen molar-refractivity contribution < 1.29 is 14.3 Å². The Bertz CT molecular complexity index is 1130. The van der Waals surface area contributed by atoms with Crippen LogP contribution in [0.5, 0.6) is 5.75 Å². The third-order valence-corrected chi connectivity index (χ3v) is 6.97. The van der Waals surface area contributed by atoms with Gasteiger partial charge in [-0.1, -0.05) is 18.2 Å². The van der Waals surface area contributed by atoms with Gasteiger partial charge < -0.3 is 19.4 Å². The van der Waals surface area contributed by atoms with E-state index in [1.807, 2.05) is 30.3 Å². The highest BCUT2D eigenvalue weighted by Gasteiger charge is 2.22. The topological polar surface area (TPSA) is 82.7 Å². The Labute approximate surface area is 200 Å². The number of aromatic nitrogens is 2. The smallest absolute Gasteiger partial charge is 0.257 e. The molecule has 8 heteroatoms. The number of amides is 1. The summed E-state index contributed by atoms with van der Waals surface area (Å²) in [6, 6.07) is 11.9. The SMILES string of the molecule is COc1ccc(C2CCOCC2)c2nc(NC(=O)c3ccc(CN4CCN(C)CC4)cc3)[nH]c12. The summed E-state index contributed by atoms with van der Waals surface area (Å²) in [5, 5.41) is 2.93. The number of likely N-dealkylation sites (N-methyl/N-ethyl adjacent to an activating group) is 1. The molecule has 180 valence electrons. The molecule has 2 aliphatic rings. The number of imidazole rings is 1. The number of ether oxygens (including phenoxy) is 2. The zero-order valence-electron chi connectivity index (χ0n) is 20.0. The first kappa shape index (κ1) is 22.8. The number of hydrogen-bond acceptors (Lipinski definition) is 6. The second-order valence-corrected chi connectivity index (χ2v) is 9.28. The van der Waals surface area contributed by atoms with Gasteiger partial charge in [-0.05, 0) is 55.1 Å². The molecule has 0 saturated carbocycles. The average Bonchev–Trinajstić information content (AvgIpc) is 3.29. The number of nitrogens with zero attached hydrogens (tertiary/aromatic N) is 3. The quantitative estimate of drug-likeness (QED) is 0.583. The first-order valence-electron chi connectivity index (χ1n) is 12.1. The predicted octanol–water partition coefficient (Wildman–Crippen LogP) is 3.47. The summed E-state index contributed by atoms with van der Waals surface area (Å²) in [5.74, 6) is 1.35. The molecule has 34 heavy (non-hydrogen) atoms. The minimum absolute atomic E-state index is 0.184. The van der Waals surface area contributed by atoms with Gasteiger partial charge in [0.1, 0.15) is 11.3 Å². The Morgan fingerprint density at radius 3 is 2.56 bits per heavy atom. The van der Waals surface area contributed by atoms with E-state index < -0.39 is 0 Å². The Morgan fingerprint density at radius 2 is 1.85 bits per heavy atom. The maximum Gasteiger partial charge on any atom is 0.257 e. The Morgan fingerprint density at radius 1 is 1.12 bits per heavy atom. The summed E-state index contributed by atoms with van der Waals surface area (Å²) in [5.41, 5.74) is 4.66. The molecular formula is C26H33N5O3. The van der Waals surface area contributed by atoms with E-state index in [1.165, 1.54) is 11.1 Å². The molecule has 2 aromatic carbocycles. The number of nitrogens with one attached hydrogen (secondary N) is 2. The van der Waals surface area contributed by atoms with Crippen LogP contribution in [-0.4, -0.2) is 79.2 Å². The fourth-order valence-corrected chi connectivity index (χ4v) is 4.86. The largest absolute Gasteiger partial charge is 0.494 e. The third kappa shape index (κ3) is 4.94. The Kier molecular flexibility index (Phi) is 6.80. The molecule has 0 unspecified atom stereocenters. The van der Waals surface area contributed by atoms with Gasteiger partial charge in [0.05, 0.1) is 12.6 Å². The number of benzene rings is 2. The van der Waals surface area contributed by atoms with E-state index in [0.29, 0.717) is 23.2 Å². The van der Waals surface area contributed by atoms with E-state index >= 15 is 0 Å². The molecule has 0 spiro atoms. The highest BCUT2D eigenvalue weighted by Crippen LogP contribution is 2.36. The summed E-state index contributed by atoms with van der Waals surface area (Å²) in [6.07, 6.45) is 1.94. The van der Waals surface area contributed by atoms with Crippen molar-refractivity contribution >= 4 is 22.9 Å². The summed E-state index contributed by atoms with van der Waals surface area (Å²) >= 11 is 0. The summed E-state index contributed by atoms with van der Waals surface area (Å²) in [6.45, 7) is 6.77. The fourth-order valence-electron chi connectivity index (χ4n) is 4.86. The van der Waals surface area contributed by atoms with Crippen LogP contribution >= 0.6 is 0 Å². The lowest BCUT2D eigenvalue weighted by Gasteiger charge is -2.32. The van der Waals surface area contributed by atoms with Crippen molar-refractivity contribution in [1.82, 2.24) is 19.8 Å². The van der Waals surface area contributed by atoms with Crippen LogP contribution in [0.3, 0.4) is 0 Å². The Balaban J connectivity index is 1.30. The van der Waals surface area contributed by atoms with Gasteiger partial charge in [0.15, 0.2) is 0 Å². The normalized spacial score (nSPS) is 18.3. The molecule has 0 bridgehead atoms. The van der Waals surface area contributed by atoms with Crippen LogP contribution in [0.1, 0.15) is 40.2 Å². The second-order valence-electron chi connectivity index (χ2n) is 9.28. The number of aromatic amines is 1. The number of hydrogen-bond donors (Lipinski definition) is 2. The van der Waals surface area contributed by atoms with Gasteiger partial charge in [-0.25, -0.2) is 4.98 Å². The summed E-state index contributed by atoms with van der Waals surface area (Å²) < 4.78 is 11.1. The van der Waals surface area contributed by atoms with Gasteiger partial charge in [-0.15, -0.1) is 0 Å². The van der Waals surface area contributed by atoms with Gasteiger partial charge in [-0.3, -0.25) is 15.0 Å². The van der Waals surface area contributed by atoms with Crippen molar-refractivity contribution in [1.29, 1.82) is 0 Å². The van der Waals surface area contributed by atoms with Crippen molar-refractivity contribution in [2.24, 2.45) is 0 Å². The number of carbonyl (C=O) groups excluding carboxylic acids is 1. The van der Waals surface area contributed by atoms with E-state index in [0.717, 1.165) is 69.8 Å². The molecule has 1 aromatic heterocycles. The molecule has 8 nitrogen and oxygen atoms in total. The minimum atomic E-state index is -0.184. The number of rotatable bonds is 6. The molecule has 2 fully saturated rings. The van der Waals surface area contributed by atoms with Crippen LogP contribution in [0.4, 0.5) is 5.95 Å². The van der Waals surface area contributed by atoms with Crippen LogP contribution in [-0.2, 0) is 11.3 Å². The van der Waals surface area contributed by atoms with E-state index in [2.05, 4.69) is 33.2 Å². The highest BCUT2D eigenvalue weighted by molar-refractivity contribution is 6.04. The zero-order chi connectivity index (χ0) is 23.5. The molecule has 3 heterocycles. The number of anilines is 1. The maximum absolute atomic E-state index is 12.9. The van der Waals surface area contributed by atoms with E-state index in [4.69, 9.17) is 14.5 Å². The van der Waals surface area contributed by atoms with Crippen molar-refractivity contribution in [2.45, 2.75) is 25.3 Å². The number of methoxy groups -OCH3 is 1. The van der Waals surface area contributed by atoms with Gasteiger partial charge in [0.25, 0.3) is 5.91 Å². The lowest BCUT2D eigenvalue weighted by Crippen LogP contribution is -2.43. The number of fused-ring (bicyclic) bond motifs is 1. The molecule has 1 amide bonds. The van der Waals surface area contributed by atoms with Gasteiger partial charge in [0, 0.05) is 51.5 Å². The second kappa shape index (κ2) is 10.1. The van der Waals surface area contributed by atoms with Crippen LogP contribution in [0, 0.1) is 0 Å².